The lowest BCUT2D eigenvalue weighted by Crippen LogP contribution is -2.35. The molecule has 0 amide bonds. The van der Waals surface area contributed by atoms with E-state index in [2.05, 4.69) is 26.0 Å². The molecule has 0 aromatic heterocycles. The Morgan fingerprint density at radius 1 is 1.10 bits per heavy atom. The summed E-state index contributed by atoms with van der Waals surface area (Å²) in [4.78, 5) is 0. The van der Waals surface area contributed by atoms with Crippen molar-refractivity contribution in [1.29, 1.82) is 0 Å². The van der Waals surface area contributed by atoms with Crippen LogP contribution in [0.1, 0.15) is 29.2 Å². The lowest BCUT2D eigenvalue weighted by Gasteiger charge is -2.26. The summed E-state index contributed by atoms with van der Waals surface area (Å²) in [5.41, 5.74) is 10.3. The van der Waals surface area contributed by atoms with Crippen LogP contribution in [-0.4, -0.2) is 7.11 Å². The average molecular weight is 287 g/mol. The molecule has 0 fully saturated rings. The van der Waals surface area contributed by atoms with Crippen LogP contribution in [0.3, 0.4) is 0 Å². The second-order valence-corrected chi connectivity index (χ2v) is 5.86. The molecular weight excluding hydrogens is 265 g/mol. The van der Waals surface area contributed by atoms with Crippen molar-refractivity contribution in [2.24, 2.45) is 5.73 Å². The van der Waals surface area contributed by atoms with Crippen molar-refractivity contribution in [1.82, 2.24) is 0 Å². The molecule has 2 nitrogen and oxygen atoms in total. The molecule has 0 heterocycles. The molecule has 0 aliphatic rings. The number of hydrogen-bond acceptors (Lipinski definition) is 2. The van der Waals surface area contributed by atoms with Crippen LogP contribution in [0.5, 0.6) is 5.75 Å². The molecule has 1 atom stereocenters. The van der Waals surface area contributed by atoms with Crippen molar-refractivity contribution in [3.63, 3.8) is 0 Å². The molecule has 2 aromatic rings. The second-order valence-electron chi connectivity index (χ2n) is 5.86. The van der Waals surface area contributed by atoms with Gasteiger partial charge >= 0.3 is 0 Å². The zero-order valence-electron chi connectivity index (χ0n) is 13.0. The fourth-order valence-electron chi connectivity index (χ4n) is 2.44. The van der Waals surface area contributed by atoms with E-state index in [9.17, 15) is 4.39 Å². The largest absolute Gasteiger partial charge is 0.494 e. The van der Waals surface area contributed by atoms with Gasteiger partial charge in [0.05, 0.1) is 7.11 Å². The Labute approximate surface area is 125 Å². The summed E-state index contributed by atoms with van der Waals surface area (Å²) in [6, 6.07) is 11.2. The van der Waals surface area contributed by atoms with Crippen LogP contribution in [0.15, 0.2) is 36.4 Å². The third-order valence-corrected chi connectivity index (χ3v) is 3.95. The minimum Gasteiger partial charge on any atom is -0.494 e. The van der Waals surface area contributed by atoms with Gasteiger partial charge in [-0.3, -0.25) is 0 Å². The van der Waals surface area contributed by atoms with Gasteiger partial charge < -0.3 is 10.5 Å². The van der Waals surface area contributed by atoms with Gasteiger partial charge in [-0.05, 0) is 61.6 Å². The van der Waals surface area contributed by atoms with E-state index in [1.54, 1.807) is 6.07 Å². The van der Waals surface area contributed by atoms with Crippen molar-refractivity contribution in [3.05, 3.63) is 64.5 Å². The summed E-state index contributed by atoms with van der Waals surface area (Å²) in [7, 11) is 1.46. The Kier molecular flexibility index (Phi) is 4.33. The van der Waals surface area contributed by atoms with E-state index < -0.39 is 5.54 Å². The van der Waals surface area contributed by atoms with Gasteiger partial charge in [0.2, 0.25) is 0 Å². The number of methoxy groups -OCH3 is 1. The van der Waals surface area contributed by atoms with E-state index in [0.29, 0.717) is 6.42 Å². The highest BCUT2D eigenvalue weighted by molar-refractivity contribution is 5.36. The molecule has 0 radical (unpaired) electrons. The summed E-state index contributed by atoms with van der Waals surface area (Å²) in [6.45, 7) is 6.12. The molecular formula is C18H22FNO. The molecule has 0 aliphatic carbocycles. The zero-order valence-corrected chi connectivity index (χ0v) is 13.0. The minimum atomic E-state index is -0.542. The number of halogens is 1. The van der Waals surface area contributed by atoms with Gasteiger partial charge in [-0.25, -0.2) is 4.39 Å². The second kappa shape index (κ2) is 5.86. The molecule has 0 spiro atoms. The molecule has 0 aliphatic heterocycles. The first kappa shape index (κ1) is 15.5. The normalized spacial score (nSPS) is 13.8. The number of aryl methyl sites for hydroxylation is 2. The topological polar surface area (TPSA) is 35.2 Å². The van der Waals surface area contributed by atoms with Crippen LogP contribution in [0.25, 0.3) is 0 Å². The Morgan fingerprint density at radius 3 is 2.38 bits per heavy atom. The molecule has 112 valence electrons. The number of hydrogen-bond donors (Lipinski definition) is 1. The van der Waals surface area contributed by atoms with Crippen LogP contribution in [-0.2, 0) is 12.0 Å². The Bertz CT molecular complexity index is 650. The third kappa shape index (κ3) is 3.42. The Morgan fingerprint density at radius 2 is 1.81 bits per heavy atom. The molecule has 2 aromatic carbocycles. The zero-order chi connectivity index (χ0) is 15.6. The predicted octanol–water partition coefficient (Wildman–Crippen LogP) is 3.87. The van der Waals surface area contributed by atoms with E-state index in [4.69, 9.17) is 10.5 Å². The van der Waals surface area contributed by atoms with Crippen molar-refractivity contribution in [2.45, 2.75) is 32.7 Å². The molecule has 21 heavy (non-hydrogen) atoms. The minimum absolute atomic E-state index is 0.253. The van der Waals surface area contributed by atoms with Crippen LogP contribution >= 0.6 is 0 Å². The first-order valence-electron chi connectivity index (χ1n) is 7.02. The molecule has 2 rings (SSSR count). The van der Waals surface area contributed by atoms with Crippen molar-refractivity contribution in [2.75, 3.05) is 7.11 Å². The summed E-state index contributed by atoms with van der Waals surface area (Å²) in [6.07, 6.45) is 0.566. The Hall–Kier alpha value is -1.87. The smallest absolute Gasteiger partial charge is 0.165 e. The molecule has 2 N–H and O–H groups in total. The third-order valence-electron chi connectivity index (χ3n) is 3.95. The maximum atomic E-state index is 13.8. The van der Waals surface area contributed by atoms with E-state index in [-0.39, 0.29) is 11.6 Å². The highest BCUT2D eigenvalue weighted by Gasteiger charge is 2.22. The van der Waals surface area contributed by atoms with Crippen molar-refractivity contribution >= 4 is 0 Å². The number of ether oxygens (including phenoxy) is 1. The van der Waals surface area contributed by atoms with Crippen LogP contribution in [0.4, 0.5) is 4.39 Å². The van der Waals surface area contributed by atoms with Crippen LogP contribution in [0, 0.1) is 19.7 Å². The highest BCUT2D eigenvalue weighted by atomic mass is 19.1. The van der Waals surface area contributed by atoms with E-state index in [1.165, 1.54) is 24.3 Å². The monoisotopic (exact) mass is 287 g/mol. The van der Waals surface area contributed by atoms with E-state index in [0.717, 1.165) is 11.1 Å². The van der Waals surface area contributed by atoms with Gasteiger partial charge in [0.1, 0.15) is 0 Å². The number of benzene rings is 2. The van der Waals surface area contributed by atoms with Gasteiger partial charge in [0.25, 0.3) is 0 Å². The van der Waals surface area contributed by atoms with Crippen LogP contribution < -0.4 is 10.5 Å². The first-order chi connectivity index (χ1) is 9.83. The number of rotatable bonds is 4. The molecule has 0 bridgehead atoms. The summed E-state index contributed by atoms with van der Waals surface area (Å²) in [5.74, 6) is -0.102. The Balaban J connectivity index is 2.27. The summed E-state index contributed by atoms with van der Waals surface area (Å²) in [5, 5.41) is 0. The van der Waals surface area contributed by atoms with E-state index in [1.807, 2.05) is 19.1 Å². The molecule has 0 saturated heterocycles. The van der Waals surface area contributed by atoms with E-state index >= 15 is 0 Å². The predicted molar refractivity (Wildman–Crippen MR) is 84.1 cm³/mol. The highest BCUT2D eigenvalue weighted by Crippen LogP contribution is 2.26. The lowest BCUT2D eigenvalue weighted by atomic mass is 9.85. The van der Waals surface area contributed by atoms with Gasteiger partial charge in [0, 0.05) is 5.54 Å². The van der Waals surface area contributed by atoms with Crippen molar-refractivity contribution in [3.8, 4) is 5.75 Å². The summed E-state index contributed by atoms with van der Waals surface area (Å²) < 4.78 is 18.7. The molecule has 3 heteroatoms. The van der Waals surface area contributed by atoms with Gasteiger partial charge in [-0.1, -0.05) is 24.3 Å². The standard InChI is InChI=1S/C18H22FNO/c1-12-5-7-15(9-13(12)2)18(3,20)11-14-6-8-17(21-4)16(19)10-14/h5-10H,11,20H2,1-4H3. The van der Waals surface area contributed by atoms with Gasteiger partial charge in [0.15, 0.2) is 11.6 Å². The maximum Gasteiger partial charge on any atom is 0.165 e. The average Bonchev–Trinajstić information content (AvgIpc) is 2.41. The van der Waals surface area contributed by atoms with Crippen molar-refractivity contribution < 1.29 is 9.13 Å². The molecule has 1 unspecified atom stereocenters. The lowest BCUT2D eigenvalue weighted by molar-refractivity contribution is 0.385. The summed E-state index contributed by atoms with van der Waals surface area (Å²) >= 11 is 0. The fourth-order valence-corrected chi connectivity index (χ4v) is 2.44. The fraction of sp³-hybridized carbons (Fsp3) is 0.333. The SMILES string of the molecule is COc1ccc(CC(C)(N)c2ccc(C)c(C)c2)cc1F. The number of nitrogens with two attached hydrogens (primary N) is 1. The first-order valence-corrected chi connectivity index (χ1v) is 7.02. The van der Waals surface area contributed by atoms with Gasteiger partial charge in [-0.15, -0.1) is 0 Å². The van der Waals surface area contributed by atoms with Crippen LogP contribution in [0.2, 0.25) is 0 Å². The maximum absolute atomic E-state index is 13.8. The quantitative estimate of drug-likeness (QED) is 0.926. The van der Waals surface area contributed by atoms with Gasteiger partial charge in [-0.2, -0.15) is 0 Å². The molecule has 0 saturated carbocycles.